The molecule has 0 aliphatic carbocycles. The Kier molecular flexibility index (Phi) is 7.53. The van der Waals surface area contributed by atoms with Crippen LogP contribution in [-0.4, -0.2) is 51.0 Å². The number of carbonyl (C=O) groups is 2. The predicted octanol–water partition coefficient (Wildman–Crippen LogP) is 3.40. The van der Waals surface area contributed by atoms with Crippen molar-refractivity contribution in [1.82, 2.24) is 10.3 Å². The maximum absolute atomic E-state index is 12.8. The summed E-state index contributed by atoms with van der Waals surface area (Å²) in [4.78, 5) is 31.3. The molecule has 1 aliphatic heterocycles. The smallest absolute Gasteiger partial charge is 0.414 e. The van der Waals surface area contributed by atoms with Crippen LogP contribution in [0.2, 0.25) is 0 Å². The summed E-state index contributed by atoms with van der Waals surface area (Å²) in [7, 11) is 4.43. The van der Waals surface area contributed by atoms with E-state index in [2.05, 4.69) is 10.3 Å². The summed E-state index contributed by atoms with van der Waals surface area (Å²) in [6.45, 7) is 3.95. The van der Waals surface area contributed by atoms with Crippen molar-refractivity contribution in [2.24, 2.45) is 0 Å². The van der Waals surface area contributed by atoms with E-state index >= 15 is 0 Å². The molecule has 2 aromatic rings. The average Bonchev–Trinajstić information content (AvgIpc) is 2.81. The molecule has 172 valence electrons. The van der Waals surface area contributed by atoms with Crippen LogP contribution in [0.15, 0.2) is 36.5 Å². The molecule has 0 fully saturated rings. The van der Waals surface area contributed by atoms with Crippen LogP contribution in [0.1, 0.15) is 43.6 Å². The molecular weight excluding hydrogens is 414 g/mol. The van der Waals surface area contributed by atoms with Crippen molar-refractivity contribution >= 4 is 17.7 Å². The third kappa shape index (κ3) is 4.62. The standard InChI is InChI=1S/C23H29N3O6/c1-6-32-23(28)26-14(2)11-17(15-12-19(29-3)20(30-4)13-18(15)26)25-21(22(27)31-5)16-9-7-8-10-24-16/h7-10,12-14,17,21,25H,6,11H2,1-5H3/t14-,17+,21?/m1/s1. The molecule has 9 nitrogen and oxygen atoms in total. The van der Waals surface area contributed by atoms with Crippen LogP contribution >= 0.6 is 0 Å². The van der Waals surface area contributed by atoms with Crippen molar-refractivity contribution in [3.8, 4) is 11.5 Å². The highest BCUT2D eigenvalue weighted by Crippen LogP contribution is 2.44. The number of carbonyl (C=O) groups excluding carboxylic acids is 2. The van der Waals surface area contributed by atoms with Gasteiger partial charge in [-0.2, -0.15) is 0 Å². The Morgan fingerprint density at radius 3 is 2.50 bits per heavy atom. The summed E-state index contributed by atoms with van der Waals surface area (Å²) in [6.07, 6.45) is 1.71. The van der Waals surface area contributed by atoms with Crippen molar-refractivity contribution in [2.75, 3.05) is 32.8 Å². The van der Waals surface area contributed by atoms with Gasteiger partial charge in [0.1, 0.15) is 6.04 Å². The van der Waals surface area contributed by atoms with Crippen LogP contribution in [0.3, 0.4) is 0 Å². The third-order valence-corrected chi connectivity index (χ3v) is 5.44. The Morgan fingerprint density at radius 2 is 1.91 bits per heavy atom. The summed E-state index contributed by atoms with van der Waals surface area (Å²) in [6, 6.07) is 7.64. The quantitative estimate of drug-likeness (QED) is 0.650. The number of esters is 1. The molecule has 9 heteroatoms. The molecule has 1 aliphatic rings. The Hall–Kier alpha value is -3.33. The predicted molar refractivity (Wildman–Crippen MR) is 118 cm³/mol. The average molecular weight is 444 g/mol. The third-order valence-electron chi connectivity index (χ3n) is 5.44. The molecule has 1 aromatic heterocycles. The number of hydrogen-bond donors (Lipinski definition) is 1. The molecule has 3 atom stereocenters. The number of benzene rings is 1. The summed E-state index contributed by atoms with van der Waals surface area (Å²) < 4.78 is 21.3. The Balaban J connectivity index is 2.08. The molecule has 3 rings (SSSR count). The lowest BCUT2D eigenvalue weighted by molar-refractivity contribution is -0.143. The number of fused-ring (bicyclic) bond motifs is 1. The van der Waals surface area contributed by atoms with Gasteiger partial charge in [-0.25, -0.2) is 9.59 Å². The summed E-state index contributed by atoms with van der Waals surface area (Å²) in [5, 5.41) is 3.38. The lowest BCUT2D eigenvalue weighted by Gasteiger charge is -2.40. The second-order valence-electron chi connectivity index (χ2n) is 7.35. The van der Waals surface area contributed by atoms with Gasteiger partial charge in [0, 0.05) is 24.3 Å². The number of aromatic nitrogens is 1. The Morgan fingerprint density at radius 1 is 1.19 bits per heavy atom. The summed E-state index contributed by atoms with van der Waals surface area (Å²) >= 11 is 0. The van der Waals surface area contributed by atoms with Crippen LogP contribution in [-0.2, 0) is 14.3 Å². The zero-order valence-corrected chi connectivity index (χ0v) is 19.0. The molecule has 0 spiro atoms. The van der Waals surface area contributed by atoms with Crippen molar-refractivity contribution in [3.05, 3.63) is 47.8 Å². The molecule has 1 aromatic carbocycles. The van der Waals surface area contributed by atoms with E-state index in [1.807, 2.05) is 19.1 Å². The molecule has 0 saturated carbocycles. The van der Waals surface area contributed by atoms with Gasteiger partial charge in [-0.3, -0.25) is 15.2 Å². The number of ether oxygens (including phenoxy) is 4. The van der Waals surface area contributed by atoms with Crippen molar-refractivity contribution in [2.45, 2.75) is 38.4 Å². The van der Waals surface area contributed by atoms with Crippen molar-refractivity contribution < 1.29 is 28.5 Å². The van der Waals surface area contributed by atoms with Gasteiger partial charge in [0.2, 0.25) is 0 Å². The monoisotopic (exact) mass is 443 g/mol. The van der Waals surface area contributed by atoms with Crippen LogP contribution in [0.4, 0.5) is 10.5 Å². The van der Waals surface area contributed by atoms with E-state index in [1.54, 1.807) is 43.3 Å². The minimum Gasteiger partial charge on any atom is -0.493 e. The lowest BCUT2D eigenvalue weighted by Crippen LogP contribution is -2.47. The number of amides is 1. The molecule has 1 unspecified atom stereocenters. The molecule has 0 saturated heterocycles. The molecule has 0 bridgehead atoms. The highest BCUT2D eigenvalue weighted by atomic mass is 16.6. The van der Waals surface area contributed by atoms with E-state index < -0.39 is 18.1 Å². The van der Waals surface area contributed by atoms with E-state index in [4.69, 9.17) is 18.9 Å². The second-order valence-corrected chi connectivity index (χ2v) is 7.35. The number of rotatable bonds is 7. The molecule has 2 heterocycles. The van der Waals surface area contributed by atoms with Crippen LogP contribution in [0.25, 0.3) is 0 Å². The summed E-state index contributed by atoms with van der Waals surface area (Å²) in [5.74, 6) is 0.553. The first kappa shape index (κ1) is 23.3. The largest absolute Gasteiger partial charge is 0.493 e. The van der Waals surface area contributed by atoms with E-state index in [9.17, 15) is 9.59 Å². The number of nitrogens with zero attached hydrogens (tertiary/aromatic N) is 2. The fourth-order valence-electron chi connectivity index (χ4n) is 3.95. The van der Waals surface area contributed by atoms with Crippen LogP contribution in [0, 0.1) is 0 Å². The molecule has 1 N–H and O–H groups in total. The molecule has 32 heavy (non-hydrogen) atoms. The topological polar surface area (TPSA) is 99.2 Å². The van der Waals surface area contributed by atoms with Crippen molar-refractivity contribution in [1.29, 1.82) is 0 Å². The number of hydrogen-bond acceptors (Lipinski definition) is 8. The normalized spacial score (nSPS) is 18.3. The first-order valence-corrected chi connectivity index (χ1v) is 10.4. The molecule has 1 amide bonds. The number of methoxy groups -OCH3 is 3. The second kappa shape index (κ2) is 10.3. The highest BCUT2D eigenvalue weighted by Gasteiger charge is 2.38. The van der Waals surface area contributed by atoms with Crippen LogP contribution in [0.5, 0.6) is 11.5 Å². The van der Waals surface area contributed by atoms with Gasteiger partial charge in [0.25, 0.3) is 0 Å². The molecule has 0 radical (unpaired) electrons. The first-order chi connectivity index (χ1) is 15.4. The van der Waals surface area contributed by atoms with Crippen molar-refractivity contribution in [3.63, 3.8) is 0 Å². The fourth-order valence-corrected chi connectivity index (χ4v) is 3.95. The van der Waals surface area contributed by atoms with Crippen LogP contribution < -0.4 is 19.7 Å². The van der Waals surface area contributed by atoms with Gasteiger partial charge in [-0.15, -0.1) is 0 Å². The van der Waals surface area contributed by atoms with Gasteiger partial charge in [-0.1, -0.05) is 6.07 Å². The van der Waals surface area contributed by atoms with Gasteiger partial charge < -0.3 is 18.9 Å². The molecular formula is C23H29N3O6. The SMILES string of the molecule is CCOC(=O)N1c2cc(OC)c(OC)cc2[C@@H](NC(C(=O)OC)c2ccccn2)C[C@H]1C. The lowest BCUT2D eigenvalue weighted by atomic mass is 9.90. The maximum atomic E-state index is 12.8. The Labute approximate surface area is 187 Å². The summed E-state index contributed by atoms with van der Waals surface area (Å²) in [5.41, 5.74) is 1.95. The van der Waals surface area contributed by atoms with E-state index in [0.29, 0.717) is 29.3 Å². The minimum atomic E-state index is -0.784. The van der Waals surface area contributed by atoms with Gasteiger partial charge in [0.15, 0.2) is 11.5 Å². The zero-order valence-electron chi connectivity index (χ0n) is 19.0. The number of pyridine rings is 1. The highest BCUT2D eigenvalue weighted by molar-refractivity contribution is 5.91. The Bertz CT molecular complexity index is 952. The number of anilines is 1. The van der Waals surface area contributed by atoms with Gasteiger partial charge in [0.05, 0.1) is 39.3 Å². The number of nitrogens with one attached hydrogen (secondary N) is 1. The zero-order chi connectivity index (χ0) is 23.3. The van der Waals surface area contributed by atoms with Gasteiger partial charge >= 0.3 is 12.1 Å². The fraction of sp³-hybridized carbons (Fsp3) is 0.435. The van der Waals surface area contributed by atoms with E-state index in [1.165, 1.54) is 14.2 Å². The minimum absolute atomic E-state index is 0.209. The first-order valence-electron chi connectivity index (χ1n) is 10.4. The van der Waals surface area contributed by atoms with Gasteiger partial charge in [-0.05, 0) is 44.0 Å². The van der Waals surface area contributed by atoms with E-state index in [0.717, 1.165) is 5.56 Å². The van der Waals surface area contributed by atoms with E-state index in [-0.39, 0.29) is 18.7 Å². The maximum Gasteiger partial charge on any atom is 0.414 e.